The molecule has 1 aliphatic heterocycles. The van der Waals surface area contributed by atoms with Gasteiger partial charge in [-0.1, -0.05) is 18.2 Å². The van der Waals surface area contributed by atoms with Crippen LogP contribution in [-0.4, -0.2) is 50.0 Å². The number of imidazole rings is 1. The first-order valence-corrected chi connectivity index (χ1v) is 10.9. The highest BCUT2D eigenvalue weighted by Crippen LogP contribution is 2.27. The highest BCUT2D eigenvalue weighted by molar-refractivity contribution is 6.28. The first-order chi connectivity index (χ1) is 15.1. The number of H-pyrrole nitrogens is 2. The largest absolute Gasteiger partial charge is 0.361 e. The molecule has 1 fully saturated rings. The van der Waals surface area contributed by atoms with E-state index < -0.39 is 0 Å². The van der Waals surface area contributed by atoms with Crippen LogP contribution in [0.15, 0.2) is 36.8 Å². The maximum Gasteiger partial charge on any atom is 0.226 e. The Labute approximate surface area is 184 Å². The SMILES string of the molecule is C[C@H](Cc1c[nH]c2ccccc12)NC(=O)C1CCN(c2nc(Cl)nc3nc[nH]c23)CC1. The summed E-state index contributed by atoms with van der Waals surface area (Å²) in [5, 5.41) is 4.60. The Kier molecular flexibility index (Phi) is 5.23. The van der Waals surface area contributed by atoms with E-state index in [0.29, 0.717) is 5.65 Å². The lowest BCUT2D eigenvalue weighted by Gasteiger charge is -2.32. The monoisotopic (exact) mass is 437 g/mol. The van der Waals surface area contributed by atoms with Crippen molar-refractivity contribution in [3.8, 4) is 0 Å². The van der Waals surface area contributed by atoms with Gasteiger partial charge in [-0.15, -0.1) is 0 Å². The molecule has 1 aromatic carbocycles. The second-order valence-electron chi connectivity index (χ2n) is 8.15. The number of benzene rings is 1. The summed E-state index contributed by atoms with van der Waals surface area (Å²) in [6.07, 6.45) is 5.96. The summed E-state index contributed by atoms with van der Waals surface area (Å²) in [5.74, 6) is 0.870. The molecule has 3 aromatic heterocycles. The van der Waals surface area contributed by atoms with Crippen molar-refractivity contribution in [3.63, 3.8) is 0 Å². The van der Waals surface area contributed by atoms with Gasteiger partial charge in [0.1, 0.15) is 5.52 Å². The van der Waals surface area contributed by atoms with Crippen LogP contribution in [0.25, 0.3) is 22.1 Å². The third-order valence-corrected chi connectivity index (χ3v) is 6.16. The van der Waals surface area contributed by atoms with Gasteiger partial charge in [-0.25, -0.2) is 4.98 Å². The Morgan fingerprint density at radius 2 is 2.06 bits per heavy atom. The Morgan fingerprint density at radius 1 is 1.26 bits per heavy atom. The molecule has 5 rings (SSSR count). The van der Waals surface area contributed by atoms with Crippen molar-refractivity contribution in [3.05, 3.63) is 47.6 Å². The Hall–Kier alpha value is -3.13. The highest BCUT2D eigenvalue weighted by atomic mass is 35.5. The van der Waals surface area contributed by atoms with Gasteiger partial charge in [-0.05, 0) is 49.4 Å². The molecule has 8 nitrogen and oxygen atoms in total. The average Bonchev–Trinajstić information content (AvgIpc) is 3.40. The van der Waals surface area contributed by atoms with E-state index in [-0.39, 0.29) is 23.2 Å². The second-order valence-corrected chi connectivity index (χ2v) is 8.49. The molecule has 1 amide bonds. The summed E-state index contributed by atoms with van der Waals surface area (Å²) in [4.78, 5) is 34.1. The zero-order valence-electron chi connectivity index (χ0n) is 17.2. The molecule has 1 aliphatic rings. The smallest absolute Gasteiger partial charge is 0.226 e. The number of para-hydroxylation sites is 1. The third kappa shape index (κ3) is 3.95. The molecule has 0 aliphatic carbocycles. The normalized spacial score (nSPS) is 16.1. The van der Waals surface area contributed by atoms with Crippen LogP contribution in [0.2, 0.25) is 5.28 Å². The fraction of sp³-hybridized carbons (Fsp3) is 0.364. The maximum atomic E-state index is 12.9. The number of hydrogen-bond donors (Lipinski definition) is 3. The molecule has 31 heavy (non-hydrogen) atoms. The number of aromatic nitrogens is 5. The van der Waals surface area contributed by atoms with Crippen molar-refractivity contribution in [1.29, 1.82) is 0 Å². The quantitative estimate of drug-likeness (QED) is 0.415. The van der Waals surface area contributed by atoms with E-state index in [1.165, 1.54) is 10.9 Å². The van der Waals surface area contributed by atoms with Gasteiger partial charge in [0.25, 0.3) is 0 Å². The van der Waals surface area contributed by atoms with Gasteiger partial charge >= 0.3 is 0 Å². The number of amides is 1. The molecule has 3 N–H and O–H groups in total. The van der Waals surface area contributed by atoms with Crippen molar-refractivity contribution in [2.45, 2.75) is 32.2 Å². The number of piperidine rings is 1. The molecule has 9 heteroatoms. The van der Waals surface area contributed by atoms with Gasteiger partial charge in [-0.2, -0.15) is 9.97 Å². The highest BCUT2D eigenvalue weighted by Gasteiger charge is 2.28. The molecule has 1 saturated heterocycles. The van der Waals surface area contributed by atoms with Crippen molar-refractivity contribution in [2.24, 2.45) is 5.92 Å². The van der Waals surface area contributed by atoms with E-state index in [4.69, 9.17) is 11.6 Å². The van der Waals surface area contributed by atoms with Crippen LogP contribution in [0.5, 0.6) is 0 Å². The van der Waals surface area contributed by atoms with Gasteiger partial charge < -0.3 is 20.2 Å². The minimum absolute atomic E-state index is 0.00349. The van der Waals surface area contributed by atoms with Crippen LogP contribution in [0, 0.1) is 5.92 Å². The van der Waals surface area contributed by atoms with Crippen molar-refractivity contribution < 1.29 is 4.79 Å². The summed E-state index contributed by atoms with van der Waals surface area (Å²) in [7, 11) is 0. The zero-order valence-corrected chi connectivity index (χ0v) is 18.0. The fourth-order valence-electron chi connectivity index (χ4n) is 4.42. The summed E-state index contributed by atoms with van der Waals surface area (Å²) in [6.45, 7) is 3.53. The van der Waals surface area contributed by atoms with Crippen molar-refractivity contribution in [1.82, 2.24) is 30.2 Å². The molecular formula is C22H24ClN7O. The van der Waals surface area contributed by atoms with Gasteiger partial charge in [0.05, 0.1) is 6.33 Å². The molecule has 4 heterocycles. The molecule has 0 spiro atoms. The lowest BCUT2D eigenvalue weighted by Crippen LogP contribution is -2.44. The number of rotatable bonds is 5. The number of halogens is 1. The van der Waals surface area contributed by atoms with Crippen LogP contribution in [0.4, 0.5) is 5.82 Å². The molecule has 4 aromatic rings. The predicted octanol–water partition coefficient (Wildman–Crippen LogP) is 3.45. The predicted molar refractivity (Wildman–Crippen MR) is 121 cm³/mol. The number of hydrogen-bond acceptors (Lipinski definition) is 5. The minimum Gasteiger partial charge on any atom is -0.361 e. The van der Waals surface area contributed by atoms with E-state index >= 15 is 0 Å². The van der Waals surface area contributed by atoms with Crippen molar-refractivity contribution >= 4 is 45.4 Å². The van der Waals surface area contributed by atoms with Gasteiger partial charge in [0.15, 0.2) is 11.5 Å². The van der Waals surface area contributed by atoms with Gasteiger partial charge in [0, 0.05) is 42.1 Å². The average molecular weight is 438 g/mol. The van der Waals surface area contributed by atoms with Crippen LogP contribution < -0.4 is 10.2 Å². The van der Waals surface area contributed by atoms with E-state index in [0.717, 1.165) is 49.2 Å². The number of anilines is 1. The summed E-state index contributed by atoms with van der Waals surface area (Å²) >= 11 is 6.06. The Balaban J connectivity index is 1.19. The number of fused-ring (bicyclic) bond motifs is 2. The second kappa shape index (κ2) is 8.19. The Bertz CT molecular complexity index is 1230. The van der Waals surface area contributed by atoms with Gasteiger partial charge in [0.2, 0.25) is 11.2 Å². The minimum atomic E-state index is -0.00349. The number of nitrogens with zero attached hydrogens (tertiary/aromatic N) is 4. The molecular weight excluding hydrogens is 414 g/mol. The standard InChI is InChI=1S/C22H24ClN7O/c1-13(10-15-11-24-17-5-3-2-4-16(15)17)27-21(31)14-6-8-30(9-7-14)20-18-19(26-12-25-18)28-22(23)29-20/h2-5,11-14,24H,6-10H2,1H3,(H,27,31)(H,25,26,28,29)/t13-/m1/s1. The zero-order chi connectivity index (χ0) is 21.4. The van der Waals surface area contributed by atoms with Crippen LogP contribution in [0.3, 0.4) is 0 Å². The topological polar surface area (TPSA) is 103 Å². The van der Waals surface area contributed by atoms with Crippen molar-refractivity contribution in [2.75, 3.05) is 18.0 Å². The van der Waals surface area contributed by atoms with E-state index in [2.05, 4.69) is 54.2 Å². The lowest BCUT2D eigenvalue weighted by atomic mass is 9.95. The summed E-state index contributed by atoms with van der Waals surface area (Å²) < 4.78 is 0. The van der Waals surface area contributed by atoms with Crippen LogP contribution in [0.1, 0.15) is 25.3 Å². The first-order valence-electron chi connectivity index (χ1n) is 10.6. The summed E-state index contributed by atoms with van der Waals surface area (Å²) in [6, 6.07) is 8.31. The third-order valence-electron chi connectivity index (χ3n) is 5.99. The lowest BCUT2D eigenvalue weighted by molar-refractivity contribution is -0.126. The van der Waals surface area contributed by atoms with Gasteiger partial charge in [-0.3, -0.25) is 4.79 Å². The maximum absolute atomic E-state index is 12.9. The Morgan fingerprint density at radius 3 is 2.90 bits per heavy atom. The first kappa shape index (κ1) is 19.8. The molecule has 160 valence electrons. The summed E-state index contributed by atoms with van der Waals surface area (Å²) in [5.41, 5.74) is 3.68. The van der Waals surface area contributed by atoms with E-state index in [9.17, 15) is 4.79 Å². The number of carbonyl (C=O) groups excluding carboxylic acids is 1. The number of carbonyl (C=O) groups is 1. The van der Waals surface area contributed by atoms with E-state index in [1.54, 1.807) is 6.33 Å². The van der Waals surface area contributed by atoms with E-state index in [1.807, 2.05) is 18.3 Å². The molecule has 0 radical (unpaired) electrons. The fourth-order valence-corrected chi connectivity index (χ4v) is 4.58. The number of aromatic amines is 2. The van der Waals surface area contributed by atoms with Crippen LogP contribution >= 0.6 is 11.6 Å². The molecule has 0 saturated carbocycles. The number of nitrogens with one attached hydrogen (secondary N) is 3. The molecule has 0 bridgehead atoms. The molecule has 0 unspecified atom stereocenters. The van der Waals surface area contributed by atoms with Crippen LogP contribution in [-0.2, 0) is 11.2 Å². The molecule has 1 atom stereocenters.